The average Bonchev–Trinajstić information content (AvgIpc) is 2.71. The average molecular weight is 282 g/mol. The molecule has 1 fully saturated rings. The van der Waals surface area contributed by atoms with Crippen molar-refractivity contribution in [2.24, 2.45) is 0 Å². The molecular weight excluding hydrogens is 263 g/mol. The number of hydrogen-bond acceptors (Lipinski definition) is 9. The van der Waals surface area contributed by atoms with E-state index in [2.05, 4.69) is 4.65 Å². The van der Waals surface area contributed by atoms with Crippen LogP contribution in [0.1, 0.15) is 0 Å². The fraction of sp³-hybridized carbons (Fsp3) is 1.00. The summed E-state index contributed by atoms with van der Waals surface area (Å²) in [5.74, 6) is 0. The maximum Gasteiger partial charge on any atom is 0.634 e. The van der Waals surface area contributed by atoms with E-state index in [-0.39, 0.29) is 13.2 Å². The minimum absolute atomic E-state index is 0.107. The molecule has 0 aromatic carbocycles. The molecule has 0 aliphatic carbocycles. The Morgan fingerprint density at radius 2 is 1.95 bits per heavy atom. The Morgan fingerprint density at radius 1 is 1.26 bits per heavy atom. The predicted octanol–water partition coefficient (Wildman–Crippen LogP) is -4.17. The molecule has 112 valence electrons. The van der Waals surface area contributed by atoms with E-state index < -0.39 is 51.1 Å². The van der Waals surface area contributed by atoms with Crippen molar-refractivity contribution in [3.63, 3.8) is 0 Å². The van der Waals surface area contributed by atoms with Crippen LogP contribution < -0.4 is 0 Å². The summed E-state index contributed by atoms with van der Waals surface area (Å²) in [5, 5.41) is 54.1. The van der Waals surface area contributed by atoms with Crippen LogP contribution in [-0.2, 0) is 14.1 Å². The van der Waals surface area contributed by atoms with Gasteiger partial charge in [0.1, 0.15) is 30.5 Å². The van der Waals surface area contributed by atoms with Gasteiger partial charge in [0.05, 0.1) is 26.4 Å². The van der Waals surface area contributed by atoms with E-state index in [9.17, 15) is 10.2 Å². The third-order valence-corrected chi connectivity index (χ3v) is 2.70. The highest BCUT2D eigenvalue weighted by molar-refractivity contribution is 6.32. The fourth-order valence-corrected chi connectivity index (χ4v) is 1.78. The minimum Gasteiger partial charge on any atom is -0.402 e. The predicted molar refractivity (Wildman–Crippen MR) is 60.7 cm³/mol. The number of aliphatic hydroxyl groups excluding tert-OH is 4. The molecule has 1 heterocycles. The summed E-state index contributed by atoms with van der Waals surface area (Å²) in [7, 11) is -2.09. The van der Waals surface area contributed by atoms with Crippen molar-refractivity contribution in [1.82, 2.24) is 0 Å². The summed E-state index contributed by atoms with van der Waals surface area (Å²) in [5.41, 5.74) is 0. The van der Waals surface area contributed by atoms with Crippen LogP contribution in [0.4, 0.5) is 0 Å². The lowest BCUT2D eigenvalue weighted by Gasteiger charge is -2.27. The summed E-state index contributed by atoms with van der Waals surface area (Å²) >= 11 is 0. The zero-order valence-corrected chi connectivity index (χ0v) is 10.2. The fourth-order valence-electron chi connectivity index (χ4n) is 1.78. The molecule has 19 heavy (non-hydrogen) atoms. The lowest BCUT2D eigenvalue weighted by atomic mass is 10.0. The molecule has 0 aromatic rings. The van der Waals surface area contributed by atoms with E-state index in [0.717, 1.165) is 0 Å². The molecule has 1 saturated heterocycles. The van der Waals surface area contributed by atoms with Gasteiger partial charge >= 0.3 is 7.32 Å². The Hall–Kier alpha value is -0.295. The van der Waals surface area contributed by atoms with Crippen molar-refractivity contribution in [2.75, 3.05) is 26.4 Å². The van der Waals surface area contributed by atoms with Crippen LogP contribution in [-0.4, -0.2) is 94.7 Å². The van der Waals surface area contributed by atoms with Gasteiger partial charge in [-0.2, -0.15) is 0 Å². The number of ether oxygens (including phenoxy) is 2. The lowest BCUT2D eigenvalue weighted by molar-refractivity contribution is -0.119. The first-order valence-corrected chi connectivity index (χ1v) is 5.82. The van der Waals surface area contributed by atoms with Gasteiger partial charge in [-0.1, -0.05) is 0 Å². The van der Waals surface area contributed by atoms with E-state index in [0.29, 0.717) is 0 Å². The quantitative estimate of drug-likeness (QED) is 0.244. The van der Waals surface area contributed by atoms with E-state index in [1.54, 1.807) is 0 Å². The van der Waals surface area contributed by atoms with Crippen LogP contribution in [0.25, 0.3) is 0 Å². The largest absolute Gasteiger partial charge is 0.634 e. The highest BCUT2D eigenvalue weighted by atomic mass is 16.7. The molecule has 1 aliphatic heterocycles. The third-order valence-electron chi connectivity index (χ3n) is 2.70. The summed E-state index contributed by atoms with van der Waals surface area (Å²) < 4.78 is 15.0. The van der Waals surface area contributed by atoms with Crippen molar-refractivity contribution in [2.45, 2.75) is 30.5 Å². The van der Waals surface area contributed by atoms with Gasteiger partial charge < -0.3 is 44.6 Å². The molecule has 0 aromatic heterocycles. The van der Waals surface area contributed by atoms with E-state index in [4.69, 9.17) is 29.7 Å². The summed E-state index contributed by atoms with van der Waals surface area (Å²) in [6.45, 7) is -1.34. The smallest absolute Gasteiger partial charge is 0.402 e. The number of aliphatic hydroxyl groups is 4. The van der Waals surface area contributed by atoms with Crippen LogP contribution in [0.3, 0.4) is 0 Å². The summed E-state index contributed by atoms with van der Waals surface area (Å²) in [4.78, 5) is 0. The molecule has 1 rings (SSSR count). The molecule has 0 radical (unpaired) electrons. The van der Waals surface area contributed by atoms with Crippen LogP contribution in [0.15, 0.2) is 0 Å². The first-order valence-electron chi connectivity index (χ1n) is 5.82. The van der Waals surface area contributed by atoms with Gasteiger partial charge in [0.25, 0.3) is 0 Å². The van der Waals surface area contributed by atoms with Gasteiger partial charge in [-0.25, -0.2) is 0 Å². The van der Waals surface area contributed by atoms with Crippen molar-refractivity contribution in [1.29, 1.82) is 0 Å². The normalized spacial score (nSPS) is 30.3. The third kappa shape index (κ3) is 4.95. The monoisotopic (exact) mass is 282 g/mol. The number of hydrogen-bond donors (Lipinski definition) is 6. The molecule has 0 saturated carbocycles. The van der Waals surface area contributed by atoms with Gasteiger partial charge in [-0.3, -0.25) is 0 Å². The molecule has 0 spiro atoms. The molecule has 0 amide bonds. The molecule has 9 nitrogen and oxygen atoms in total. The molecule has 1 unspecified atom stereocenters. The second-order valence-electron chi connectivity index (χ2n) is 4.18. The van der Waals surface area contributed by atoms with Gasteiger partial charge in [0.15, 0.2) is 0 Å². The van der Waals surface area contributed by atoms with E-state index in [1.807, 2.05) is 0 Å². The minimum atomic E-state index is -2.09. The maximum atomic E-state index is 9.58. The first-order chi connectivity index (χ1) is 8.99. The Morgan fingerprint density at radius 3 is 2.47 bits per heavy atom. The molecular formula is C9H19BO9. The second-order valence-corrected chi connectivity index (χ2v) is 4.18. The first kappa shape index (κ1) is 16.8. The van der Waals surface area contributed by atoms with Gasteiger partial charge in [-0.05, 0) is 0 Å². The van der Waals surface area contributed by atoms with Crippen LogP contribution >= 0.6 is 0 Å². The van der Waals surface area contributed by atoms with Gasteiger partial charge in [0.2, 0.25) is 0 Å². The van der Waals surface area contributed by atoms with E-state index >= 15 is 0 Å². The zero-order chi connectivity index (χ0) is 14.4. The lowest BCUT2D eigenvalue weighted by Crippen LogP contribution is -2.47. The second kappa shape index (κ2) is 8.09. The number of rotatable bonds is 8. The van der Waals surface area contributed by atoms with Crippen molar-refractivity contribution >= 4 is 7.32 Å². The summed E-state index contributed by atoms with van der Waals surface area (Å²) in [6.07, 6.45) is -5.14. The Kier molecular flexibility index (Phi) is 7.14. The van der Waals surface area contributed by atoms with E-state index in [1.165, 1.54) is 0 Å². The summed E-state index contributed by atoms with van der Waals surface area (Å²) in [6, 6.07) is 0. The van der Waals surface area contributed by atoms with Crippen molar-refractivity contribution in [3.8, 4) is 0 Å². The Balaban J connectivity index is 2.57. The molecule has 5 atom stereocenters. The Labute approximate surface area is 110 Å². The Bertz CT molecular complexity index is 254. The highest BCUT2D eigenvalue weighted by Crippen LogP contribution is 2.22. The molecule has 10 heteroatoms. The topological polar surface area (TPSA) is 149 Å². The van der Waals surface area contributed by atoms with Crippen LogP contribution in [0.2, 0.25) is 0 Å². The SMILES string of the molecule is OCC(O)CO[C@H](CO)[C@H]1OC[C@H](O)[C@H]1OB(O)O. The van der Waals surface area contributed by atoms with Crippen molar-refractivity contribution in [3.05, 3.63) is 0 Å². The molecule has 1 aliphatic rings. The molecule has 6 N–H and O–H groups in total. The standard InChI is InChI=1S/C9H19BO9/c11-1-5(13)3-17-7(2-12)9-8(19-10(15)16)6(14)4-18-9/h5-9,11-16H,1-4H2/t5?,6-,7+,8+,9+/m0/s1. The van der Waals surface area contributed by atoms with Crippen LogP contribution in [0.5, 0.6) is 0 Å². The van der Waals surface area contributed by atoms with Gasteiger partial charge in [-0.15, -0.1) is 0 Å². The maximum absolute atomic E-state index is 9.58. The van der Waals surface area contributed by atoms with Gasteiger partial charge in [0, 0.05) is 0 Å². The van der Waals surface area contributed by atoms with Crippen molar-refractivity contribution < 1.29 is 44.6 Å². The molecule has 0 bridgehead atoms. The highest BCUT2D eigenvalue weighted by Gasteiger charge is 2.44. The zero-order valence-electron chi connectivity index (χ0n) is 10.2. The van der Waals surface area contributed by atoms with Crippen LogP contribution in [0, 0.1) is 0 Å².